The second kappa shape index (κ2) is 12.6. The highest BCUT2D eigenvalue weighted by molar-refractivity contribution is 5.76. The number of carbonyl (C=O) groups excluding carboxylic acids is 1. The summed E-state index contributed by atoms with van der Waals surface area (Å²) in [4.78, 5) is 12.4. The van der Waals surface area contributed by atoms with Crippen LogP contribution in [0.4, 0.5) is 4.39 Å². The molecule has 37 heavy (non-hydrogen) atoms. The number of hydrogen-bond donors (Lipinski definition) is 2. The molecule has 3 saturated carbocycles. The molecule has 3 nitrogen and oxygen atoms in total. The van der Waals surface area contributed by atoms with Crippen LogP contribution < -0.4 is 5.32 Å². The van der Waals surface area contributed by atoms with Crippen LogP contribution in [0.2, 0.25) is 0 Å². The number of carbonyl (C=O) groups is 1. The Morgan fingerprint density at radius 1 is 1.19 bits per heavy atom. The maximum absolute atomic E-state index is 15.3. The first-order valence-electron chi connectivity index (χ1n) is 15.3. The molecule has 0 radical (unpaired) electrons. The van der Waals surface area contributed by atoms with E-state index in [4.69, 9.17) is 0 Å². The third kappa shape index (κ3) is 6.78. The van der Waals surface area contributed by atoms with Gasteiger partial charge in [0.2, 0.25) is 5.91 Å². The monoisotopic (exact) mass is 513 g/mol. The fraction of sp³-hybridized carbons (Fsp3) is 0.788. The average Bonchev–Trinajstić information content (AvgIpc) is 3.09. The predicted molar refractivity (Wildman–Crippen MR) is 151 cm³/mol. The summed E-state index contributed by atoms with van der Waals surface area (Å²) in [5, 5.41) is 14.3. The SMILES string of the molecule is CC1=CCC=C(CNC(=O)CC[C@@H](C)C(F)CCC2C(C)CCC3C2C(O)CC2CCCCC23C)C=C1. The molecule has 0 bridgehead atoms. The molecule has 0 heterocycles. The standard InChI is InChI=1S/C33H52FNO2/c1-22-8-7-9-25(14-11-22)21-35-31(37)18-13-24(3)29(34)17-15-27-23(2)12-16-28-32(27)30(36)20-26-10-5-6-19-33(26,28)4/h8-9,11,14,23-24,26-30,32,36H,5-7,10,12-13,15-21H2,1-4H3,(H,35,37)/t23?,24-,26?,27?,28?,29?,30?,32?,33?/m1/s1. The highest BCUT2D eigenvalue weighted by atomic mass is 19.1. The Kier molecular flexibility index (Phi) is 9.75. The van der Waals surface area contributed by atoms with Crippen molar-refractivity contribution in [1.29, 1.82) is 0 Å². The van der Waals surface area contributed by atoms with Crippen molar-refractivity contribution in [3.05, 3.63) is 35.5 Å². The zero-order chi connectivity index (χ0) is 26.6. The van der Waals surface area contributed by atoms with Crippen molar-refractivity contribution in [1.82, 2.24) is 5.32 Å². The van der Waals surface area contributed by atoms with Gasteiger partial charge in [0.1, 0.15) is 6.17 Å². The maximum Gasteiger partial charge on any atom is 0.220 e. The number of alkyl halides is 1. The molecule has 0 aromatic heterocycles. The van der Waals surface area contributed by atoms with Crippen molar-refractivity contribution in [3.63, 3.8) is 0 Å². The molecular formula is C33H52FNO2. The van der Waals surface area contributed by atoms with E-state index in [1.54, 1.807) is 0 Å². The lowest BCUT2D eigenvalue weighted by Crippen LogP contribution is -2.55. The van der Waals surface area contributed by atoms with Crippen molar-refractivity contribution in [3.8, 4) is 0 Å². The van der Waals surface area contributed by atoms with Crippen molar-refractivity contribution in [2.45, 2.75) is 117 Å². The zero-order valence-corrected chi connectivity index (χ0v) is 23.9. The maximum atomic E-state index is 15.3. The average molecular weight is 514 g/mol. The predicted octanol–water partition coefficient (Wildman–Crippen LogP) is 7.71. The molecule has 3 fully saturated rings. The van der Waals surface area contributed by atoms with Gasteiger partial charge in [-0.15, -0.1) is 0 Å². The van der Waals surface area contributed by atoms with E-state index < -0.39 is 6.17 Å². The third-order valence-electron chi connectivity index (χ3n) is 11.0. The van der Waals surface area contributed by atoms with Gasteiger partial charge in [-0.05, 0) is 105 Å². The van der Waals surface area contributed by atoms with Gasteiger partial charge in [-0.3, -0.25) is 4.79 Å². The molecule has 0 spiro atoms. The number of hydrogen-bond acceptors (Lipinski definition) is 2. The topological polar surface area (TPSA) is 49.3 Å². The Morgan fingerprint density at radius 2 is 2.00 bits per heavy atom. The lowest BCUT2D eigenvalue weighted by molar-refractivity contribution is -0.147. The minimum atomic E-state index is -0.888. The van der Waals surface area contributed by atoms with Crippen molar-refractivity contribution in [2.75, 3.05) is 6.54 Å². The summed E-state index contributed by atoms with van der Waals surface area (Å²) in [5.74, 6) is 2.46. The largest absolute Gasteiger partial charge is 0.393 e. The van der Waals surface area contributed by atoms with Gasteiger partial charge in [-0.1, -0.05) is 69.9 Å². The molecule has 1 amide bonds. The van der Waals surface area contributed by atoms with Gasteiger partial charge in [0.15, 0.2) is 0 Å². The minimum absolute atomic E-state index is 0.00614. The summed E-state index contributed by atoms with van der Waals surface area (Å²) in [6.45, 7) is 9.42. The fourth-order valence-corrected chi connectivity index (χ4v) is 8.45. The molecule has 4 aliphatic carbocycles. The summed E-state index contributed by atoms with van der Waals surface area (Å²) >= 11 is 0. The Morgan fingerprint density at radius 3 is 2.81 bits per heavy atom. The molecule has 0 aliphatic heterocycles. The smallest absolute Gasteiger partial charge is 0.220 e. The first kappa shape index (κ1) is 28.6. The third-order valence-corrected chi connectivity index (χ3v) is 11.0. The number of fused-ring (bicyclic) bond motifs is 3. The van der Waals surface area contributed by atoms with Crippen LogP contribution in [0, 0.1) is 40.9 Å². The zero-order valence-electron chi connectivity index (χ0n) is 23.9. The van der Waals surface area contributed by atoms with Crippen molar-refractivity contribution >= 4 is 5.91 Å². The first-order chi connectivity index (χ1) is 17.7. The Bertz CT molecular complexity index is 878. The molecule has 208 valence electrons. The van der Waals surface area contributed by atoms with Crippen molar-refractivity contribution in [2.24, 2.45) is 40.9 Å². The second-order valence-corrected chi connectivity index (χ2v) is 13.3. The molecule has 4 heteroatoms. The Balaban J connectivity index is 1.24. The van der Waals surface area contributed by atoms with Gasteiger partial charge in [0.25, 0.3) is 0 Å². The lowest BCUT2D eigenvalue weighted by Gasteiger charge is -2.60. The van der Waals surface area contributed by atoms with Gasteiger partial charge < -0.3 is 10.4 Å². The van der Waals surface area contributed by atoms with Gasteiger partial charge in [-0.25, -0.2) is 4.39 Å². The summed E-state index contributed by atoms with van der Waals surface area (Å²) in [7, 11) is 0. The van der Waals surface area contributed by atoms with E-state index in [1.807, 2.05) is 6.92 Å². The second-order valence-electron chi connectivity index (χ2n) is 13.3. The molecule has 2 N–H and O–H groups in total. The molecular weight excluding hydrogens is 461 g/mol. The molecule has 9 atom stereocenters. The number of halogens is 1. The molecule has 4 rings (SSSR count). The van der Waals surface area contributed by atoms with Crippen LogP contribution in [0.1, 0.15) is 105 Å². The van der Waals surface area contributed by atoms with E-state index >= 15 is 4.39 Å². The summed E-state index contributed by atoms with van der Waals surface area (Å²) in [5.41, 5.74) is 2.73. The van der Waals surface area contributed by atoms with Crippen LogP contribution in [-0.2, 0) is 4.79 Å². The van der Waals surface area contributed by atoms with Crippen molar-refractivity contribution < 1.29 is 14.3 Å². The molecule has 8 unspecified atom stereocenters. The molecule has 0 saturated heterocycles. The summed E-state index contributed by atoms with van der Waals surface area (Å²) < 4.78 is 15.3. The molecule has 0 aromatic rings. The van der Waals surface area contributed by atoms with E-state index in [0.717, 1.165) is 24.8 Å². The number of aliphatic hydroxyl groups is 1. The van der Waals surface area contributed by atoms with Gasteiger partial charge in [0.05, 0.1) is 6.10 Å². The molecule has 4 aliphatic rings. The van der Waals surface area contributed by atoms with Crippen LogP contribution in [0.5, 0.6) is 0 Å². The highest BCUT2D eigenvalue weighted by Gasteiger charge is 2.55. The van der Waals surface area contributed by atoms with Crippen LogP contribution in [0.15, 0.2) is 35.5 Å². The van der Waals surface area contributed by atoms with Crippen LogP contribution in [0.25, 0.3) is 0 Å². The quantitative estimate of drug-likeness (QED) is 0.332. The summed E-state index contributed by atoms with van der Waals surface area (Å²) in [6.07, 6.45) is 19.3. The first-order valence-corrected chi connectivity index (χ1v) is 15.3. The van der Waals surface area contributed by atoms with Gasteiger partial charge >= 0.3 is 0 Å². The van der Waals surface area contributed by atoms with Crippen LogP contribution in [-0.4, -0.2) is 29.8 Å². The van der Waals surface area contributed by atoms with Crippen LogP contribution >= 0.6 is 0 Å². The lowest BCUT2D eigenvalue weighted by atomic mass is 9.46. The van der Waals surface area contributed by atoms with Gasteiger partial charge in [0, 0.05) is 13.0 Å². The van der Waals surface area contributed by atoms with E-state index in [9.17, 15) is 9.90 Å². The number of amides is 1. The number of aliphatic hydroxyl groups excluding tert-OH is 1. The van der Waals surface area contributed by atoms with E-state index in [0.29, 0.717) is 60.8 Å². The van der Waals surface area contributed by atoms with E-state index in [2.05, 4.69) is 50.4 Å². The normalized spacial score (nSPS) is 37.4. The van der Waals surface area contributed by atoms with Crippen LogP contribution in [0.3, 0.4) is 0 Å². The number of allylic oxidation sites excluding steroid dienone is 4. The Labute approximate surface area is 225 Å². The highest BCUT2D eigenvalue weighted by Crippen LogP contribution is 2.61. The van der Waals surface area contributed by atoms with E-state index in [-0.39, 0.29) is 17.9 Å². The number of rotatable bonds is 9. The van der Waals surface area contributed by atoms with Gasteiger partial charge in [-0.2, -0.15) is 0 Å². The number of nitrogens with one attached hydrogen (secondary N) is 1. The summed E-state index contributed by atoms with van der Waals surface area (Å²) in [6, 6.07) is 0. The Hall–Kier alpha value is -1.42. The minimum Gasteiger partial charge on any atom is -0.393 e. The fourth-order valence-electron chi connectivity index (χ4n) is 8.45. The van der Waals surface area contributed by atoms with E-state index in [1.165, 1.54) is 44.1 Å². The molecule has 0 aromatic carbocycles.